The normalized spacial score (nSPS) is 42.4. The smallest absolute Gasteiger partial charge is 0.110 e. The number of epoxide rings is 2. The van der Waals surface area contributed by atoms with Crippen LogP contribution in [0.3, 0.4) is 0 Å². The summed E-state index contributed by atoms with van der Waals surface area (Å²) in [5.41, 5.74) is 0. The molecule has 6 unspecified atom stereocenters. The summed E-state index contributed by atoms with van der Waals surface area (Å²) in [6.07, 6.45) is 4.06. The van der Waals surface area contributed by atoms with Crippen molar-refractivity contribution in [3.05, 3.63) is 0 Å². The van der Waals surface area contributed by atoms with Crippen LogP contribution in [-0.2, 0) is 14.2 Å². The Kier molecular flexibility index (Phi) is 3.33. The molecule has 2 aliphatic rings. The molecule has 0 saturated carbocycles. The van der Waals surface area contributed by atoms with Crippen LogP contribution in [0.1, 0.15) is 40.5 Å². The first kappa shape index (κ1) is 11.4. The Hall–Kier alpha value is -0.120. The van der Waals surface area contributed by atoms with E-state index in [1.165, 1.54) is 0 Å². The molecule has 0 aromatic carbocycles. The highest BCUT2D eigenvalue weighted by Crippen LogP contribution is 2.34. The summed E-state index contributed by atoms with van der Waals surface area (Å²) in [7, 11) is 0. The Morgan fingerprint density at radius 1 is 0.933 bits per heavy atom. The monoisotopic (exact) mass is 214 g/mol. The van der Waals surface area contributed by atoms with E-state index in [9.17, 15) is 0 Å². The van der Waals surface area contributed by atoms with Crippen LogP contribution in [0, 0.1) is 0 Å². The van der Waals surface area contributed by atoms with Crippen LogP contribution in [-0.4, -0.2) is 36.6 Å². The zero-order chi connectivity index (χ0) is 11.0. The quantitative estimate of drug-likeness (QED) is 0.635. The summed E-state index contributed by atoms with van der Waals surface area (Å²) in [4.78, 5) is 0. The van der Waals surface area contributed by atoms with Gasteiger partial charge in [-0.05, 0) is 26.7 Å². The Bertz CT molecular complexity index is 197. The van der Waals surface area contributed by atoms with Crippen molar-refractivity contribution in [1.82, 2.24) is 0 Å². The molecule has 0 N–H and O–H groups in total. The third kappa shape index (κ3) is 2.52. The van der Waals surface area contributed by atoms with Crippen molar-refractivity contribution in [1.29, 1.82) is 0 Å². The maximum Gasteiger partial charge on any atom is 0.110 e. The third-order valence-electron chi connectivity index (χ3n) is 3.40. The topological polar surface area (TPSA) is 34.3 Å². The van der Waals surface area contributed by atoms with Gasteiger partial charge in [-0.1, -0.05) is 13.8 Å². The first-order chi connectivity index (χ1) is 7.17. The summed E-state index contributed by atoms with van der Waals surface area (Å²) in [5.74, 6) is 0. The van der Waals surface area contributed by atoms with Gasteiger partial charge in [0.1, 0.15) is 12.2 Å². The minimum absolute atomic E-state index is 0.201. The Labute approximate surface area is 92.1 Å². The van der Waals surface area contributed by atoms with Crippen LogP contribution in [0.2, 0.25) is 0 Å². The highest BCUT2D eigenvalue weighted by molar-refractivity contribution is 4.92. The summed E-state index contributed by atoms with van der Waals surface area (Å²) in [6.45, 7) is 8.50. The maximum absolute atomic E-state index is 5.91. The van der Waals surface area contributed by atoms with Gasteiger partial charge in [0, 0.05) is 0 Å². The minimum atomic E-state index is 0.201. The van der Waals surface area contributed by atoms with Crippen LogP contribution in [0.4, 0.5) is 0 Å². The standard InChI is InChI=1S/C12H22O3/c1-5-9-11(14-9)7(3)13-8(4)12-10(6-2)15-12/h7-12H,5-6H2,1-4H3. The van der Waals surface area contributed by atoms with E-state index in [2.05, 4.69) is 27.7 Å². The number of ether oxygens (including phenoxy) is 3. The molecule has 3 nitrogen and oxygen atoms in total. The lowest BCUT2D eigenvalue weighted by atomic mass is 10.1. The van der Waals surface area contributed by atoms with Gasteiger partial charge in [0.25, 0.3) is 0 Å². The van der Waals surface area contributed by atoms with Gasteiger partial charge in [-0.3, -0.25) is 0 Å². The van der Waals surface area contributed by atoms with E-state index in [4.69, 9.17) is 14.2 Å². The summed E-state index contributed by atoms with van der Waals surface area (Å²) in [5, 5.41) is 0. The van der Waals surface area contributed by atoms with Crippen LogP contribution < -0.4 is 0 Å². The van der Waals surface area contributed by atoms with Gasteiger partial charge in [0.05, 0.1) is 24.4 Å². The Morgan fingerprint density at radius 2 is 1.33 bits per heavy atom. The lowest BCUT2D eigenvalue weighted by molar-refractivity contribution is -0.0188. The van der Waals surface area contributed by atoms with E-state index < -0.39 is 0 Å². The third-order valence-corrected chi connectivity index (χ3v) is 3.40. The molecule has 0 amide bonds. The van der Waals surface area contributed by atoms with Crippen molar-refractivity contribution >= 4 is 0 Å². The Morgan fingerprint density at radius 3 is 1.60 bits per heavy atom. The number of hydrogen-bond acceptors (Lipinski definition) is 3. The van der Waals surface area contributed by atoms with Crippen molar-refractivity contribution < 1.29 is 14.2 Å². The molecule has 0 aliphatic carbocycles. The molecule has 6 atom stereocenters. The van der Waals surface area contributed by atoms with Gasteiger partial charge < -0.3 is 14.2 Å². The SMILES string of the molecule is CCC1OC1C(C)OC(C)C1OC1CC. The lowest BCUT2D eigenvalue weighted by Gasteiger charge is -2.16. The average molecular weight is 214 g/mol. The molecule has 2 saturated heterocycles. The molecule has 88 valence electrons. The maximum atomic E-state index is 5.91. The molecule has 15 heavy (non-hydrogen) atoms. The van der Waals surface area contributed by atoms with Gasteiger partial charge in [-0.15, -0.1) is 0 Å². The molecule has 0 aromatic heterocycles. The second-order valence-corrected chi connectivity index (χ2v) is 4.64. The molecule has 2 fully saturated rings. The van der Waals surface area contributed by atoms with Crippen molar-refractivity contribution in [2.45, 2.75) is 77.2 Å². The van der Waals surface area contributed by atoms with Gasteiger partial charge >= 0.3 is 0 Å². The molecule has 2 rings (SSSR count). The minimum Gasteiger partial charge on any atom is -0.370 e. The molecular weight excluding hydrogens is 192 g/mol. The largest absolute Gasteiger partial charge is 0.370 e. The molecule has 3 heteroatoms. The van der Waals surface area contributed by atoms with E-state index in [0.717, 1.165) is 12.8 Å². The fourth-order valence-corrected chi connectivity index (χ4v) is 2.29. The molecule has 0 aromatic rings. The summed E-state index contributed by atoms with van der Waals surface area (Å²) < 4.78 is 16.9. The fraction of sp³-hybridized carbons (Fsp3) is 1.00. The van der Waals surface area contributed by atoms with Gasteiger partial charge in [0.15, 0.2) is 0 Å². The predicted octanol–water partition coefficient (Wildman–Crippen LogP) is 2.13. The highest BCUT2D eigenvalue weighted by Gasteiger charge is 2.46. The van der Waals surface area contributed by atoms with E-state index in [1.807, 2.05) is 0 Å². The first-order valence-corrected chi connectivity index (χ1v) is 6.13. The Balaban J connectivity index is 1.68. The number of rotatable bonds is 6. The first-order valence-electron chi connectivity index (χ1n) is 6.13. The summed E-state index contributed by atoms with van der Waals surface area (Å²) >= 11 is 0. The molecule has 0 spiro atoms. The van der Waals surface area contributed by atoms with Crippen LogP contribution in [0.15, 0.2) is 0 Å². The van der Waals surface area contributed by atoms with E-state index in [1.54, 1.807) is 0 Å². The zero-order valence-electron chi connectivity index (χ0n) is 10.1. The number of hydrogen-bond donors (Lipinski definition) is 0. The van der Waals surface area contributed by atoms with Gasteiger partial charge in [-0.2, -0.15) is 0 Å². The molecule has 2 heterocycles. The second kappa shape index (κ2) is 4.40. The molecule has 0 bridgehead atoms. The van der Waals surface area contributed by atoms with Crippen molar-refractivity contribution in [3.63, 3.8) is 0 Å². The fourth-order valence-electron chi connectivity index (χ4n) is 2.29. The second-order valence-electron chi connectivity index (χ2n) is 4.64. The van der Waals surface area contributed by atoms with Crippen molar-refractivity contribution in [3.8, 4) is 0 Å². The predicted molar refractivity (Wildman–Crippen MR) is 57.9 cm³/mol. The molecule has 2 aliphatic heterocycles. The summed E-state index contributed by atoms with van der Waals surface area (Å²) in [6, 6.07) is 0. The van der Waals surface area contributed by atoms with E-state index in [0.29, 0.717) is 24.4 Å². The van der Waals surface area contributed by atoms with Crippen LogP contribution in [0.25, 0.3) is 0 Å². The van der Waals surface area contributed by atoms with Crippen LogP contribution in [0.5, 0.6) is 0 Å². The van der Waals surface area contributed by atoms with Gasteiger partial charge in [0.2, 0.25) is 0 Å². The lowest BCUT2D eigenvalue weighted by Crippen LogP contribution is -2.27. The van der Waals surface area contributed by atoms with Crippen molar-refractivity contribution in [2.24, 2.45) is 0 Å². The average Bonchev–Trinajstić information content (AvgIpc) is 3.10. The highest BCUT2D eigenvalue weighted by atomic mass is 16.6. The zero-order valence-corrected chi connectivity index (χ0v) is 10.1. The van der Waals surface area contributed by atoms with E-state index >= 15 is 0 Å². The molecule has 0 radical (unpaired) electrons. The van der Waals surface area contributed by atoms with Crippen LogP contribution >= 0.6 is 0 Å². The van der Waals surface area contributed by atoms with Crippen molar-refractivity contribution in [2.75, 3.05) is 0 Å². The molecular formula is C12H22O3. The van der Waals surface area contributed by atoms with Gasteiger partial charge in [-0.25, -0.2) is 0 Å². The van der Waals surface area contributed by atoms with E-state index in [-0.39, 0.29) is 12.2 Å².